The molecule has 0 spiro atoms. The summed E-state index contributed by atoms with van der Waals surface area (Å²) in [7, 11) is 0. The van der Waals surface area contributed by atoms with E-state index in [9.17, 15) is 5.11 Å². The van der Waals surface area contributed by atoms with Crippen molar-refractivity contribution in [2.24, 2.45) is 5.92 Å². The molecule has 1 aliphatic rings. The third-order valence-corrected chi connectivity index (χ3v) is 4.32. The predicted octanol–water partition coefficient (Wildman–Crippen LogP) is 3.35. The summed E-state index contributed by atoms with van der Waals surface area (Å²) in [5.74, 6) is 1.65. The lowest BCUT2D eigenvalue weighted by atomic mass is 10.0. The number of fused-ring (bicyclic) bond motifs is 1. The first-order valence-corrected chi connectivity index (χ1v) is 7.47. The number of para-hydroxylation sites is 1. The maximum absolute atomic E-state index is 9.63. The van der Waals surface area contributed by atoms with Crippen molar-refractivity contribution in [1.82, 2.24) is 4.98 Å². The van der Waals surface area contributed by atoms with Gasteiger partial charge in [0.05, 0.1) is 12.1 Å². The molecule has 1 atom stereocenters. The zero-order valence-corrected chi connectivity index (χ0v) is 12.2. The van der Waals surface area contributed by atoms with Crippen LogP contribution in [-0.2, 0) is 6.61 Å². The van der Waals surface area contributed by atoms with E-state index in [0.717, 1.165) is 28.8 Å². The van der Waals surface area contributed by atoms with Gasteiger partial charge in [-0.05, 0) is 36.5 Å². The Morgan fingerprint density at radius 2 is 2.15 bits per heavy atom. The molecule has 1 N–H and O–H groups in total. The fraction of sp³-hybridized carbons (Fsp3) is 0.471. The number of aliphatic hydroxyl groups excluding tert-OH is 1. The molecular formula is C17H22N2O. The molecule has 0 aliphatic carbocycles. The Kier molecular flexibility index (Phi) is 3.62. The first-order chi connectivity index (χ1) is 9.70. The Morgan fingerprint density at radius 3 is 2.90 bits per heavy atom. The van der Waals surface area contributed by atoms with Crippen LogP contribution in [-0.4, -0.2) is 22.7 Å². The highest BCUT2D eigenvalue weighted by molar-refractivity contribution is 5.84. The SMILES string of the molecule is CC(C)C1CCCN1c1cc(CO)c2ccccc2n1. The average molecular weight is 270 g/mol. The van der Waals surface area contributed by atoms with E-state index >= 15 is 0 Å². The van der Waals surface area contributed by atoms with Crippen molar-refractivity contribution in [2.45, 2.75) is 39.3 Å². The van der Waals surface area contributed by atoms with Crippen LogP contribution in [0.5, 0.6) is 0 Å². The van der Waals surface area contributed by atoms with E-state index in [0.29, 0.717) is 12.0 Å². The molecule has 1 aliphatic heterocycles. The number of rotatable bonds is 3. The van der Waals surface area contributed by atoms with Crippen LogP contribution in [0.1, 0.15) is 32.3 Å². The Balaban J connectivity index is 2.07. The van der Waals surface area contributed by atoms with Crippen molar-refractivity contribution in [3.8, 4) is 0 Å². The summed E-state index contributed by atoms with van der Waals surface area (Å²) in [6, 6.07) is 10.7. The maximum Gasteiger partial charge on any atom is 0.129 e. The molecule has 1 aromatic heterocycles. The fourth-order valence-corrected chi connectivity index (χ4v) is 3.28. The average Bonchev–Trinajstić information content (AvgIpc) is 2.95. The molecule has 0 saturated carbocycles. The van der Waals surface area contributed by atoms with E-state index in [-0.39, 0.29) is 6.61 Å². The minimum Gasteiger partial charge on any atom is -0.392 e. The van der Waals surface area contributed by atoms with E-state index in [1.54, 1.807) is 0 Å². The van der Waals surface area contributed by atoms with Gasteiger partial charge < -0.3 is 10.0 Å². The van der Waals surface area contributed by atoms with Gasteiger partial charge in [-0.25, -0.2) is 4.98 Å². The van der Waals surface area contributed by atoms with Crippen molar-refractivity contribution < 1.29 is 5.11 Å². The van der Waals surface area contributed by atoms with Crippen LogP contribution in [0, 0.1) is 5.92 Å². The predicted molar refractivity (Wildman–Crippen MR) is 82.9 cm³/mol. The lowest BCUT2D eigenvalue weighted by Gasteiger charge is -2.29. The van der Waals surface area contributed by atoms with E-state index in [4.69, 9.17) is 4.98 Å². The topological polar surface area (TPSA) is 36.4 Å². The monoisotopic (exact) mass is 270 g/mol. The smallest absolute Gasteiger partial charge is 0.129 e. The Bertz CT molecular complexity index is 609. The molecule has 0 bridgehead atoms. The number of pyridine rings is 1. The zero-order valence-electron chi connectivity index (χ0n) is 12.2. The van der Waals surface area contributed by atoms with Crippen LogP contribution in [0.3, 0.4) is 0 Å². The van der Waals surface area contributed by atoms with Crippen LogP contribution in [0.15, 0.2) is 30.3 Å². The summed E-state index contributed by atoms with van der Waals surface area (Å²) < 4.78 is 0. The molecule has 20 heavy (non-hydrogen) atoms. The number of hydrogen-bond acceptors (Lipinski definition) is 3. The molecule has 3 rings (SSSR count). The van der Waals surface area contributed by atoms with Gasteiger partial charge in [0, 0.05) is 18.0 Å². The van der Waals surface area contributed by atoms with Crippen molar-refractivity contribution in [3.63, 3.8) is 0 Å². The van der Waals surface area contributed by atoms with Gasteiger partial charge in [0.25, 0.3) is 0 Å². The molecule has 0 radical (unpaired) electrons. The largest absolute Gasteiger partial charge is 0.392 e. The first-order valence-electron chi connectivity index (χ1n) is 7.47. The Labute approximate surface area is 120 Å². The summed E-state index contributed by atoms with van der Waals surface area (Å²) >= 11 is 0. The normalized spacial score (nSPS) is 19.2. The van der Waals surface area contributed by atoms with Gasteiger partial charge in [-0.2, -0.15) is 0 Å². The van der Waals surface area contributed by atoms with E-state index in [1.807, 2.05) is 24.3 Å². The number of nitrogens with zero attached hydrogens (tertiary/aromatic N) is 2. The molecule has 3 nitrogen and oxygen atoms in total. The highest BCUT2D eigenvalue weighted by Gasteiger charge is 2.28. The minimum absolute atomic E-state index is 0.0657. The highest BCUT2D eigenvalue weighted by Crippen LogP contribution is 2.31. The van der Waals surface area contributed by atoms with Crippen molar-refractivity contribution in [2.75, 3.05) is 11.4 Å². The van der Waals surface area contributed by atoms with Crippen LogP contribution >= 0.6 is 0 Å². The standard InChI is InChI=1S/C17H22N2O/c1-12(2)16-8-5-9-19(16)17-10-13(11-20)14-6-3-4-7-15(14)18-17/h3-4,6-7,10,12,16,20H,5,8-9,11H2,1-2H3. The molecule has 1 saturated heterocycles. The van der Waals surface area contributed by atoms with Crippen LogP contribution in [0.2, 0.25) is 0 Å². The quantitative estimate of drug-likeness (QED) is 0.929. The number of benzene rings is 1. The highest BCUT2D eigenvalue weighted by atomic mass is 16.3. The van der Waals surface area contributed by atoms with Crippen LogP contribution in [0.25, 0.3) is 10.9 Å². The van der Waals surface area contributed by atoms with Gasteiger partial charge >= 0.3 is 0 Å². The van der Waals surface area contributed by atoms with Crippen LogP contribution < -0.4 is 4.90 Å². The molecule has 1 fully saturated rings. The molecule has 2 heterocycles. The number of aliphatic hydroxyl groups is 1. The summed E-state index contributed by atoms with van der Waals surface area (Å²) in [5.41, 5.74) is 1.95. The van der Waals surface area contributed by atoms with Gasteiger partial charge in [-0.1, -0.05) is 32.0 Å². The van der Waals surface area contributed by atoms with E-state index in [2.05, 4.69) is 24.8 Å². The third kappa shape index (κ3) is 2.27. The van der Waals surface area contributed by atoms with Crippen molar-refractivity contribution in [1.29, 1.82) is 0 Å². The number of anilines is 1. The lowest BCUT2D eigenvalue weighted by molar-refractivity contribution is 0.283. The molecule has 0 amide bonds. The van der Waals surface area contributed by atoms with Gasteiger partial charge in [0.2, 0.25) is 0 Å². The first kappa shape index (κ1) is 13.4. The molecule has 3 heteroatoms. The van der Waals surface area contributed by atoms with Gasteiger partial charge in [0.15, 0.2) is 0 Å². The summed E-state index contributed by atoms with van der Waals surface area (Å²) in [5, 5.41) is 10.7. The Morgan fingerprint density at radius 1 is 1.35 bits per heavy atom. The maximum atomic E-state index is 9.63. The van der Waals surface area contributed by atoms with Crippen molar-refractivity contribution >= 4 is 16.7 Å². The van der Waals surface area contributed by atoms with E-state index in [1.165, 1.54) is 12.8 Å². The summed E-state index contributed by atoms with van der Waals surface area (Å²) in [4.78, 5) is 7.23. The molecule has 1 aromatic carbocycles. The second-order valence-electron chi connectivity index (χ2n) is 5.96. The summed E-state index contributed by atoms with van der Waals surface area (Å²) in [6.45, 7) is 5.68. The second kappa shape index (κ2) is 5.41. The number of hydrogen-bond donors (Lipinski definition) is 1. The van der Waals surface area contributed by atoms with Gasteiger partial charge in [-0.3, -0.25) is 0 Å². The Hall–Kier alpha value is -1.61. The lowest BCUT2D eigenvalue weighted by Crippen LogP contribution is -2.34. The molecular weight excluding hydrogens is 248 g/mol. The number of aromatic nitrogens is 1. The fourth-order valence-electron chi connectivity index (χ4n) is 3.28. The van der Waals surface area contributed by atoms with Crippen molar-refractivity contribution in [3.05, 3.63) is 35.9 Å². The van der Waals surface area contributed by atoms with Crippen LogP contribution in [0.4, 0.5) is 5.82 Å². The zero-order chi connectivity index (χ0) is 14.1. The van der Waals surface area contributed by atoms with Gasteiger partial charge in [-0.15, -0.1) is 0 Å². The second-order valence-corrected chi connectivity index (χ2v) is 5.96. The third-order valence-electron chi connectivity index (χ3n) is 4.32. The summed E-state index contributed by atoms with van der Waals surface area (Å²) in [6.07, 6.45) is 2.46. The van der Waals surface area contributed by atoms with E-state index < -0.39 is 0 Å². The minimum atomic E-state index is 0.0657. The van der Waals surface area contributed by atoms with Gasteiger partial charge in [0.1, 0.15) is 5.82 Å². The molecule has 106 valence electrons. The molecule has 1 unspecified atom stereocenters. The molecule has 2 aromatic rings.